The molecule has 0 radical (unpaired) electrons. The Balaban J connectivity index is 1.51. The molecule has 39 heavy (non-hydrogen) atoms. The van der Waals surface area contributed by atoms with Gasteiger partial charge in [-0.1, -0.05) is 53.5 Å². The van der Waals surface area contributed by atoms with Gasteiger partial charge in [-0.25, -0.2) is 0 Å². The van der Waals surface area contributed by atoms with Crippen LogP contribution in [-0.4, -0.2) is 35.1 Å². The molecule has 8 nitrogen and oxygen atoms in total. The van der Waals surface area contributed by atoms with Crippen molar-refractivity contribution < 1.29 is 23.9 Å². The highest BCUT2D eigenvalue weighted by molar-refractivity contribution is 8.18. The number of hydrogen-bond donors (Lipinski definition) is 1. The number of rotatable bonds is 9. The largest absolute Gasteiger partial charge is 0.490 e. The van der Waals surface area contributed by atoms with Gasteiger partial charge in [0.15, 0.2) is 11.5 Å². The van der Waals surface area contributed by atoms with E-state index in [1.165, 1.54) is 6.08 Å². The Bertz CT molecular complexity index is 1520. The lowest BCUT2D eigenvalue weighted by atomic mass is 10.1. The van der Waals surface area contributed by atoms with E-state index in [1.54, 1.807) is 67.6 Å². The summed E-state index contributed by atoms with van der Waals surface area (Å²) in [6.07, 6.45) is 1.50. The number of halogens is 2. The number of nitrogens with zero attached hydrogens (tertiary/aromatic N) is 2. The molecule has 0 unspecified atom stereocenters. The minimum Gasteiger partial charge on any atom is -0.490 e. The van der Waals surface area contributed by atoms with Crippen molar-refractivity contribution in [1.29, 1.82) is 5.26 Å². The second-order valence-corrected chi connectivity index (χ2v) is 9.92. The molecule has 1 aliphatic heterocycles. The van der Waals surface area contributed by atoms with Crippen molar-refractivity contribution >= 4 is 63.8 Å². The lowest BCUT2D eigenvalue weighted by molar-refractivity contribution is -0.127. The van der Waals surface area contributed by atoms with Crippen LogP contribution < -0.4 is 14.8 Å². The highest BCUT2D eigenvalue weighted by Gasteiger charge is 2.36. The SMILES string of the molecule is CCOc1cc(/C=C2/SC(=O)N(CC(=O)Nc3ccccc3Cl)C2=O)cc(Cl)c1OCc1ccccc1C#N. The number of amides is 3. The van der Waals surface area contributed by atoms with Gasteiger partial charge in [0, 0.05) is 5.56 Å². The number of para-hydroxylation sites is 1. The van der Waals surface area contributed by atoms with Crippen molar-refractivity contribution in [3.63, 3.8) is 0 Å². The van der Waals surface area contributed by atoms with Crippen molar-refractivity contribution in [2.75, 3.05) is 18.5 Å². The molecule has 3 aromatic rings. The van der Waals surface area contributed by atoms with Crippen LogP contribution in [0.3, 0.4) is 0 Å². The van der Waals surface area contributed by atoms with E-state index in [0.717, 1.165) is 4.90 Å². The quantitative estimate of drug-likeness (QED) is 0.286. The van der Waals surface area contributed by atoms with Crippen molar-refractivity contribution in [2.24, 2.45) is 0 Å². The number of benzene rings is 3. The number of nitrogens with one attached hydrogen (secondary N) is 1. The molecule has 0 atom stereocenters. The molecule has 3 aromatic carbocycles. The fourth-order valence-electron chi connectivity index (χ4n) is 3.66. The van der Waals surface area contributed by atoms with E-state index in [0.29, 0.717) is 51.5 Å². The summed E-state index contributed by atoms with van der Waals surface area (Å²) in [5.41, 5.74) is 2.05. The topological polar surface area (TPSA) is 109 Å². The van der Waals surface area contributed by atoms with Gasteiger partial charge in [0.1, 0.15) is 13.2 Å². The van der Waals surface area contributed by atoms with Gasteiger partial charge in [0.25, 0.3) is 11.1 Å². The predicted octanol–water partition coefficient (Wildman–Crippen LogP) is 6.52. The lowest BCUT2D eigenvalue weighted by Crippen LogP contribution is -2.36. The maximum atomic E-state index is 13.0. The summed E-state index contributed by atoms with van der Waals surface area (Å²) >= 11 is 13.3. The Labute approximate surface area is 239 Å². The smallest absolute Gasteiger partial charge is 0.294 e. The Morgan fingerprint density at radius 2 is 1.82 bits per heavy atom. The number of ether oxygens (including phenoxy) is 2. The second kappa shape index (κ2) is 12.7. The monoisotopic (exact) mass is 581 g/mol. The third kappa shape index (κ3) is 6.73. The summed E-state index contributed by atoms with van der Waals surface area (Å²) in [6.45, 7) is 1.75. The number of anilines is 1. The van der Waals surface area contributed by atoms with Crippen molar-refractivity contribution in [3.05, 3.63) is 92.3 Å². The third-order valence-corrected chi connectivity index (χ3v) is 6.98. The Kier molecular flexibility index (Phi) is 9.15. The fourth-order valence-corrected chi connectivity index (χ4v) is 4.96. The zero-order chi connectivity index (χ0) is 27.9. The van der Waals surface area contributed by atoms with Crippen molar-refractivity contribution in [3.8, 4) is 17.6 Å². The average molecular weight is 582 g/mol. The van der Waals surface area contributed by atoms with E-state index < -0.39 is 23.6 Å². The van der Waals surface area contributed by atoms with E-state index in [2.05, 4.69) is 11.4 Å². The summed E-state index contributed by atoms with van der Waals surface area (Å²) in [7, 11) is 0. The van der Waals surface area contributed by atoms with Gasteiger partial charge in [-0.3, -0.25) is 19.3 Å². The van der Waals surface area contributed by atoms with Gasteiger partial charge < -0.3 is 14.8 Å². The van der Waals surface area contributed by atoms with Gasteiger partial charge >= 0.3 is 0 Å². The molecular formula is C28H21Cl2N3O5S. The van der Waals surface area contributed by atoms with Gasteiger partial charge in [0.05, 0.1) is 38.9 Å². The highest BCUT2D eigenvalue weighted by Crippen LogP contribution is 2.39. The average Bonchev–Trinajstić information content (AvgIpc) is 3.17. The van der Waals surface area contributed by atoms with Crippen LogP contribution in [0, 0.1) is 11.3 Å². The Hall–Kier alpha value is -3.97. The van der Waals surface area contributed by atoms with E-state index in [-0.39, 0.29) is 22.3 Å². The first-order valence-electron chi connectivity index (χ1n) is 11.7. The molecule has 4 rings (SSSR count). The van der Waals surface area contributed by atoms with Crippen LogP contribution in [0.25, 0.3) is 6.08 Å². The summed E-state index contributed by atoms with van der Waals surface area (Å²) in [5, 5.41) is 11.9. The second-order valence-electron chi connectivity index (χ2n) is 8.12. The van der Waals surface area contributed by atoms with E-state index in [4.69, 9.17) is 32.7 Å². The summed E-state index contributed by atoms with van der Waals surface area (Å²) < 4.78 is 11.6. The summed E-state index contributed by atoms with van der Waals surface area (Å²) in [6, 6.07) is 19.0. The standard InChI is InChI=1S/C28H21Cl2N3O5S/c1-2-37-23-12-17(11-21(30)26(23)38-16-19-8-4-3-7-18(19)14-31)13-24-27(35)33(28(36)39-24)15-25(34)32-22-10-6-5-9-20(22)29/h3-13H,2,15-16H2,1H3,(H,32,34)/b24-13+. The van der Waals surface area contributed by atoms with Gasteiger partial charge in [-0.15, -0.1) is 0 Å². The normalized spacial score (nSPS) is 13.9. The first-order chi connectivity index (χ1) is 18.8. The molecule has 1 saturated heterocycles. The molecule has 1 fully saturated rings. The number of hydrogen-bond acceptors (Lipinski definition) is 7. The van der Waals surface area contributed by atoms with Crippen LogP contribution >= 0.6 is 35.0 Å². The molecule has 1 heterocycles. The maximum Gasteiger partial charge on any atom is 0.294 e. The van der Waals surface area contributed by atoms with Crippen LogP contribution in [0.15, 0.2) is 65.6 Å². The number of nitriles is 1. The zero-order valence-electron chi connectivity index (χ0n) is 20.6. The number of thioether (sulfide) groups is 1. The molecule has 11 heteroatoms. The van der Waals surface area contributed by atoms with Gasteiger partial charge in [-0.2, -0.15) is 5.26 Å². The first kappa shape index (κ1) is 28.0. The zero-order valence-corrected chi connectivity index (χ0v) is 22.9. The minimum atomic E-state index is -0.609. The van der Waals surface area contributed by atoms with Crippen LogP contribution in [0.4, 0.5) is 10.5 Å². The van der Waals surface area contributed by atoms with Crippen LogP contribution in [0.1, 0.15) is 23.6 Å². The van der Waals surface area contributed by atoms with E-state index in [9.17, 15) is 19.6 Å². The maximum absolute atomic E-state index is 13.0. The Morgan fingerprint density at radius 3 is 2.56 bits per heavy atom. The van der Waals surface area contributed by atoms with Crippen molar-refractivity contribution in [2.45, 2.75) is 13.5 Å². The lowest BCUT2D eigenvalue weighted by Gasteiger charge is -2.15. The number of carbonyl (C=O) groups is 3. The molecule has 0 saturated carbocycles. The van der Waals surface area contributed by atoms with Gasteiger partial charge in [0.2, 0.25) is 5.91 Å². The molecular weight excluding hydrogens is 561 g/mol. The van der Waals surface area contributed by atoms with E-state index >= 15 is 0 Å². The molecule has 3 amide bonds. The minimum absolute atomic E-state index is 0.0953. The summed E-state index contributed by atoms with van der Waals surface area (Å²) in [5.74, 6) is -0.550. The summed E-state index contributed by atoms with van der Waals surface area (Å²) in [4.78, 5) is 38.9. The van der Waals surface area contributed by atoms with E-state index in [1.807, 2.05) is 0 Å². The fraction of sp³-hybridized carbons (Fsp3) is 0.143. The van der Waals surface area contributed by atoms with Crippen LogP contribution in [-0.2, 0) is 16.2 Å². The van der Waals surface area contributed by atoms with Crippen LogP contribution in [0.2, 0.25) is 10.0 Å². The molecule has 0 bridgehead atoms. The molecule has 0 spiro atoms. The third-order valence-electron chi connectivity index (χ3n) is 5.46. The molecule has 0 aliphatic carbocycles. The Morgan fingerprint density at radius 1 is 1.08 bits per heavy atom. The molecule has 1 N–H and O–H groups in total. The molecule has 0 aromatic heterocycles. The van der Waals surface area contributed by atoms with Gasteiger partial charge in [-0.05, 0) is 60.7 Å². The highest BCUT2D eigenvalue weighted by atomic mass is 35.5. The number of carbonyl (C=O) groups excluding carboxylic acids is 3. The first-order valence-corrected chi connectivity index (χ1v) is 13.2. The predicted molar refractivity (Wildman–Crippen MR) is 151 cm³/mol. The molecule has 1 aliphatic rings. The number of imide groups is 1. The molecule has 198 valence electrons. The van der Waals surface area contributed by atoms with Crippen LogP contribution in [0.5, 0.6) is 11.5 Å². The van der Waals surface area contributed by atoms with Crippen molar-refractivity contribution in [1.82, 2.24) is 4.90 Å².